The van der Waals surface area contributed by atoms with Crippen molar-refractivity contribution in [1.82, 2.24) is 14.9 Å². The highest BCUT2D eigenvalue weighted by molar-refractivity contribution is 14.0. The summed E-state index contributed by atoms with van der Waals surface area (Å²) in [7, 11) is 1.38. The Hall–Kier alpha value is -1.37. The molecule has 10 heteroatoms. The molecule has 0 bridgehead atoms. The SMILES string of the molecule is CN=C(NCc1ccc(S(=O)(=O)N(C)C)s1)NCc1ccccc1OCC1CC1.I. The van der Waals surface area contributed by atoms with E-state index >= 15 is 0 Å². The van der Waals surface area contributed by atoms with Crippen molar-refractivity contribution in [2.24, 2.45) is 10.9 Å². The number of hydrogen-bond donors (Lipinski definition) is 2. The lowest BCUT2D eigenvalue weighted by Gasteiger charge is -2.14. The Morgan fingerprint density at radius 1 is 1.17 bits per heavy atom. The second kappa shape index (κ2) is 11.3. The number of para-hydroxylation sites is 1. The van der Waals surface area contributed by atoms with E-state index < -0.39 is 10.0 Å². The number of guanidine groups is 1. The zero-order chi connectivity index (χ0) is 20.9. The predicted octanol–water partition coefficient (Wildman–Crippen LogP) is 3.27. The second-order valence-electron chi connectivity index (χ2n) is 7.15. The van der Waals surface area contributed by atoms with Crippen LogP contribution in [-0.2, 0) is 23.1 Å². The van der Waals surface area contributed by atoms with Gasteiger partial charge in [0.2, 0.25) is 0 Å². The standard InChI is InChI=1S/C20H28N4O3S2.HI/c1-21-20(23-13-17-10-11-19(28-17)29(25,26)24(2)3)22-12-16-6-4-5-7-18(16)27-14-15-8-9-15;/h4-7,10-11,15H,8-9,12-14H2,1-3H3,(H2,21,22,23);1H. The molecule has 1 aromatic carbocycles. The molecule has 2 aromatic rings. The summed E-state index contributed by atoms with van der Waals surface area (Å²) >= 11 is 1.26. The molecule has 1 saturated carbocycles. The fourth-order valence-corrected chi connectivity index (χ4v) is 5.09. The molecule has 1 aromatic heterocycles. The summed E-state index contributed by atoms with van der Waals surface area (Å²) < 4.78 is 31.9. The maximum Gasteiger partial charge on any atom is 0.252 e. The van der Waals surface area contributed by atoms with E-state index in [4.69, 9.17) is 4.74 Å². The van der Waals surface area contributed by atoms with Crippen LogP contribution < -0.4 is 15.4 Å². The minimum absolute atomic E-state index is 0. The van der Waals surface area contributed by atoms with Crippen LogP contribution in [0.3, 0.4) is 0 Å². The summed E-state index contributed by atoms with van der Waals surface area (Å²) in [5.74, 6) is 2.25. The normalized spacial score (nSPS) is 14.3. The van der Waals surface area contributed by atoms with Crippen molar-refractivity contribution in [3.05, 3.63) is 46.8 Å². The van der Waals surface area contributed by atoms with Gasteiger partial charge in [0.15, 0.2) is 5.96 Å². The van der Waals surface area contributed by atoms with Crippen LogP contribution >= 0.6 is 35.3 Å². The van der Waals surface area contributed by atoms with E-state index in [9.17, 15) is 8.42 Å². The minimum atomic E-state index is -3.39. The van der Waals surface area contributed by atoms with Gasteiger partial charge in [-0.2, -0.15) is 0 Å². The van der Waals surface area contributed by atoms with Gasteiger partial charge in [-0.3, -0.25) is 4.99 Å². The number of nitrogens with zero attached hydrogens (tertiary/aromatic N) is 2. The largest absolute Gasteiger partial charge is 0.493 e. The Labute approximate surface area is 200 Å². The van der Waals surface area contributed by atoms with Crippen LogP contribution in [0.4, 0.5) is 0 Å². The Kier molecular flexibility index (Phi) is 9.38. The van der Waals surface area contributed by atoms with Crippen LogP contribution in [0, 0.1) is 5.92 Å². The second-order valence-corrected chi connectivity index (χ2v) is 10.7. The lowest BCUT2D eigenvalue weighted by Crippen LogP contribution is -2.36. The number of sulfonamides is 1. The molecule has 1 heterocycles. The summed E-state index contributed by atoms with van der Waals surface area (Å²) in [6, 6.07) is 11.5. The summed E-state index contributed by atoms with van der Waals surface area (Å²) in [4.78, 5) is 5.17. The van der Waals surface area contributed by atoms with Crippen LogP contribution in [0.15, 0.2) is 45.6 Å². The van der Waals surface area contributed by atoms with E-state index in [-0.39, 0.29) is 24.0 Å². The molecule has 1 fully saturated rings. The molecule has 2 N–H and O–H groups in total. The number of aliphatic imine (C=N–C) groups is 1. The first-order valence-corrected chi connectivity index (χ1v) is 11.8. The van der Waals surface area contributed by atoms with Gasteiger partial charge in [-0.15, -0.1) is 35.3 Å². The monoisotopic (exact) mass is 564 g/mol. The molecular formula is C20H29IN4O3S2. The Morgan fingerprint density at radius 2 is 1.87 bits per heavy atom. The minimum Gasteiger partial charge on any atom is -0.493 e. The summed E-state index contributed by atoms with van der Waals surface area (Å²) in [5.41, 5.74) is 1.08. The van der Waals surface area contributed by atoms with E-state index in [2.05, 4.69) is 15.6 Å². The fourth-order valence-electron chi connectivity index (χ4n) is 2.63. The molecule has 3 rings (SSSR count). The van der Waals surface area contributed by atoms with E-state index in [1.807, 2.05) is 30.3 Å². The van der Waals surface area contributed by atoms with Crippen molar-refractivity contribution in [1.29, 1.82) is 0 Å². The van der Waals surface area contributed by atoms with Gasteiger partial charge in [-0.25, -0.2) is 12.7 Å². The molecular weight excluding hydrogens is 535 g/mol. The molecule has 0 atom stereocenters. The smallest absolute Gasteiger partial charge is 0.252 e. The third-order valence-electron chi connectivity index (χ3n) is 4.62. The van der Waals surface area contributed by atoms with Crippen molar-refractivity contribution in [3.8, 4) is 5.75 Å². The van der Waals surface area contributed by atoms with Gasteiger partial charge in [0.25, 0.3) is 10.0 Å². The third kappa shape index (κ3) is 6.82. The first-order valence-electron chi connectivity index (χ1n) is 9.56. The Morgan fingerprint density at radius 3 is 2.53 bits per heavy atom. The zero-order valence-corrected chi connectivity index (χ0v) is 21.4. The molecule has 1 aliphatic carbocycles. The number of rotatable bonds is 9. The van der Waals surface area contributed by atoms with E-state index in [1.54, 1.807) is 13.1 Å². The average Bonchev–Trinajstić information content (AvgIpc) is 3.41. The number of hydrogen-bond acceptors (Lipinski definition) is 5. The molecule has 7 nitrogen and oxygen atoms in total. The molecule has 0 amide bonds. The highest BCUT2D eigenvalue weighted by atomic mass is 127. The molecule has 166 valence electrons. The van der Waals surface area contributed by atoms with Gasteiger partial charge in [0.05, 0.1) is 13.2 Å². The van der Waals surface area contributed by atoms with Gasteiger partial charge in [0.1, 0.15) is 9.96 Å². The van der Waals surface area contributed by atoms with Crippen LogP contribution in [0.1, 0.15) is 23.3 Å². The lowest BCUT2D eigenvalue weighted by atomic mass is 10.2. The van der Waals surface area contributed by atoms with Crippen molar-refractivity contribution in [2.75, 3.05) is 27.7 Å². The fraction of sp³-hybridized carbons (Fsp3) is 0.450. The topological polar surface area (TPSA) is 83.0 Å². The van der Waals surface area contributed by atoms with E-state index in [0.717, 1.165) is 22.8 Å². The predicted molar refractivity (Wildman–Crippen MR) is 132 cm³/mol. The molecule has 0 radical (unpaired) electrons. The van der Waals surface area contributed by atoms with Crippen LogP contribution in [-0.4, -0.2) is 46.4 Å². The summed E-state index contributed by atoms with van der Waals surface area (Å²) in [5, 5.41) is 6.52. The van der Waals surface area contributed by atoms with E-state index in [1.165, 1.54) is 42.6 Å². The van der Waals surface area contributed by atoms with Crippen molar-refractivity contribution in [2.45, 2.75) is 30.1 Å². The molecule has 0 spiro atoms. The molecule has 30 heavy (non-hydrogen) atoms. The van der Waals surface area contributed by atoms with Gasteiger partial charge in [-0.1, -0.05) is 18.2 Å². The van der Waals surface area contributed by atoms with Gasteiger partial charge in [0, 0.05) is 38.1 Å². The van der Waals surface area contributed by atoms with Crippen molar-refractivity contribution < 1.29 is 13.2 Å². The molecule has 1 aliphatic rings. The Balaban J connectivity index is 0.00000320. The van der Waals surface area contributed by atoms with Crippen LogP contribution in [0.5, 0.6) is 5.75 Å². The van der Waals surface area contributed by atoms with Gasteiger partial charge in [-0.05, 0) is 37.0 Å². The first kappa shape index (κ1) is 24.9. The van der Waals surface area contributed by atoms with E-state index in [0.29, 0.717) is 29.2 Å². The average molecular weight is 565 g/mol. The number of halogens is 1. The summed E-state index contributed by atoms with van der Waals surface area (Å²) in [6.07, 6.45) is 2.52. The van der Waals surface area contributed by atoms with Crippen molar-refractivity contribution in [3.63, 3.8) is 0 Å². The molecule has 0 unspecified atom stereocenters. The molecule has 0 saturated heterocycles. The highest BCUT2D eigenvalue weighted by Crippen LogP contribution is 2.30. The van der Waals surface area contributed by atoms with Gasteiger partial charge < -0.3 is 15.4 Å². The lowest BCUT2D eigenvalue weighted by molar-refractivity contribution is 0.296. The van der Waals surface area contributed by atoms with Crippen LogP contribution in [0.25, 0.3) is 0 Å². The summed E-state index contributed by atoms with van der Waals surface area (Å²) in [6.45, 7) is 1.86. The van der Waals surface area contributed by atoms with Gasteiger partial charge >= 0.3 is 0 Å². The zero-order valence-electron chi connectivity index (χ0n) is 17.4. The van der Waals surface area contributed by atoms with Crippen molar-refractivity contribution >= 4 is 51.3 Å². The first-order chi connectivity index (χ1) is 13.9. The van der Waals surface area contributed by atoms with Crippen LogP contribution in [0.2, 0.25) is 0 Å². The number of benzene rings is 1. The Bertz CT molecular complexity index is 956. The number of nitrogens with one attached hydrogen (secondary N) is 2. The maximum absolute atomic E-state index is 12.2. The molecule has 0 aliphatic heterocycles. The number of ether oxygens (including phenoxy) is 1. The maximum atomic E-state index is 12.2. The quantitative estimate of drug-likeness (QED) is 0.278. The highest BCUT2D eigenvalue weighted by Gasteiger charge is 2.22. The third-order valence-corrected chi connectivity index (χ3v) is 7.98. The number of thiophene rings is 1.